The number of imidazole rings is 1. The summed E-state index contributed by atoms with van der Waals surface area (Å²) in [4.78, 5) is 22.7. The monoisotopic (exact) mass is 548 g/mol. The molecule has 0 saturated carbocycles. The van der Waals surface area contributed by atoms with Crippen molar-refractivity contribution in [3.8, 4) is 17.5 Å². The number of rotatable bonds is 8. The molecule has 2 aromatic carbocycles. The van der Waals surface area contributed by atoms with Crippen LogP contribution in [0.15, 0.2) is 48.5 Å². The number of carbonyl (C=O) groups is 1. The first kappa shape index (κ1) is 26.2. The van der Waals surface area contributed by atoms with Crippen molar-refractivity contribution in [1.29, 1.82) is 0 Å². The van der Waals surface area contributed by atoms with E-state index in [0.29, 0.717) is 29.6 Å². The molecule has 1 atom stereocenters. The predicted octanol–water partition coefficient (Wildman–Crippen LogP) is 6.50. The number of carbonyl (C=O) groups excluding carboxylic acids is 1. The minimum Gasteiger partial charge on any atom is -0.425 e. The normalized spacial score (nSPS) is 17.3. The van der Waals surface area contributed by atoms with Gasteiger partial charge < -0.3 is 19.3 Å². The van der Waals surface area contributed by atoms with Crippen molar-refractivity contribution in [2.24, 2.45) is 0 Å². The van der Waals surface area contributed by atoms with Crippen molar-refractivity contribution in [2.45, 2.75) is 51.6 Å². The Hall–Kier alpha value is -3.40. The number of fused-ring (bicyclic) bond motifs is 3. The van der Waals surface area contributed by atoms with Crippen molar-refractivity contribution < 1.29 is 27.4 Å². The van der Waals surface area contributed by atoms with Crippen LogP contribution in [0.3, 0.4) is 0 Å². The summed E-state index contributed by atoms with van der Waals surface area (Å²) in [5, 5.41) is 0.581. The maximum absolute atomic E-state index is 13.9. The fraction of sp³-hybridized carbons (Fsp3) is 0.407. The van der Waals surface area contributed by atoms with Crippen molar-refractivity contribution in [3.05, 3.63) is 64.8 Å². The molecule has 7 nitrogen and oxygen atoms in total. The molecule has 0 unspecified atom stereocenters. The second kappa shape index (κ2) is 10.8. The number of anilines is 1. The van der Waals surface area contributed by atoms with E-state index >= 15 is 0 Å². The highest BCUT2D eigenvalue weighted by Crippen LogP contribution is 2.38. The van der Waals surface area contributed by atoms with E-state index in [9.17, 15) is 18.0 Å². The van der Waals surface area contributed by atoms with Gasteiger partial charge in [-0.3, -0.25) is 9.36 Å². The molecule has 0 N–H and O–H groups in total. The van der Waals surface area contributed by atoms with E-state index in [-0.39, 0.29) is 30.3 Å². The summed E-state index contributed by atoms with van der Waals surface area (Å²) >= 11 is 6.08. The zero-order valence-electron chi connectivity index (χ0n) is 20.9. The van der Waals surface area contributed by atoms with Crippen LogP contribution in [0.5, 0.6) is 17.5 Å². The molecule has 0 aliphatic carbocycles. The fourth-order valence-corrected chi connectivity index (χ4v) is 5.13. The zero-order valence-corrected chi connectivity index (χ0v) is 21.6. The first-order chi connectivity index (χ1) is 18.2. The highest BCUT2D eigenvalue weighted by atomic mass is 35.5. The molecule has 0 radical (unpaired) electrons. The van der Waals surface area contributed by atoms with Crippen molar-refractivity contribution in [1.82, 2.24) is 14.5 Å². The van der Waals surface area contributed by atoms with Gasteiger partial charge in [0.2, 0.25) is 0 Å². The van der Waals surface area contributed by atoms with Gasteiger partial charge in [-0.2, -0.15) is 4.98 Å². The lowest BCUT2D eigenvalue weighted by Gasteiger charge is -2.26. The number of unbranched alkanes of at least 4 members (excludes halogenated alkanes) is 1. The van der Waals surface area contributed by atoms with Crippen LogP contribution in [0.2, 0.25) is 5.02 Å². The quantitative estimate of drug-likeness (QED) is 0.321. The lowest BCUT2D eigenvalue weighted by Crippen LogP contribution is -2.40. The van der Waals surface area contributed by atoms with Crippen LogP contribution >= 0.6 is 11.6 Å². The smallest absolute Gasteiger partial charge is 0.425 e. The third-order valence-electron chi connectivity index (χ3n) is 6.77. The van der Waals surface area contributed by atoms with Gasteiger partial charge in [0, 0.05) is 36.8 Å². The van der Waals surface area contributed by atoms with Gasteiger partial charge in [-0.15, -0.1) is 13.2 Å². The second-order valence-electron chi connectivity index (χ2n) is 9.50. The third-order valence-corrected chi connectivity index (χ3v) is 7.02. The Labute approximate surface area is 223 Å². The number of hydrogen-bond acceptors (Lipinski definition) is 5. The van der Waals surface area contributed by atoms with Gasteiger partial charge in [0.15, 0.2) is 11.5 Å². The molecule has 1 amide bonds. The second-order valence-corrected chi connectivity index (χ2v) is 9.93. The van der Waals surface area contributed by atoms with Crippen LogP contribution in [0, 0.1) is 0 Å². The van der Waals surface area contributed by atoms with Crippen LogP contribution in [0.4, 0.5) is 19.0 Å². The maximum Gasteiger partial charge on any atom is 0.573 e. The SMILES string of the molecule is CCCCN1C[C@@H]2CCCN2c2nc(Oc3cccc(OC(F)(F)F)c3)n(Cc3ccc(Cl)cc3)c2C1=O. The van der Waals surface area contributed by atoms with Crippen LogP contribution in [0.1, 0.15) is 48.7 Å². The van der Waals surface area contributed by atoms with E-state index in [1.807, 2.05) is 17.0 Å². The van der Waals surface area contributed by atoms with Gasteiger partial charge in [-0.25, -0.2) is 0 Å². The summed E-state index contributed by atoms with van der Waals surface area (Å²) in [5.74, 6) is 0.114. The Morgan fingerprint density at radius 3 is 2.63 bits per heavy atom. The molecular weight excluding hydrogens is 521 g/mol. The van der Waals surface area contributed by atoms with Gasteiger partial charge in [0.25, 0.3) is 5.91 Å². The molecule has 1 saturated heterocycles. The van der Waals surface area contributed by atoms with E-state index in [4.69, 9.17) is 21.3 Å². The number of alkyl halides is 3. The molecule has 3 heterocycles. The minimum atomic E-state index is -4.83. The van der Waals surface area contributed by atoms with Gasteiger partial charge in [0.05, 0.1) is 6.54 Å². The zero-order chi connectivity index (χ0) is 26.9. The first-order valence-electron chi connectivity index (χ1n) is 12.7. The molecule has 0 spiro atoms. The first-order valence-corrected chi connectivity index (χ1v) is 13.0. The topological polar surface area (TPSA) is 59.8 Å². The Morgan fingerprint density at radius 1 is 1.13 bits per heavy atom. The lowest BCUT2D eigenvalue weighted by atomic mass is 10.2. The fourth-order valence-electron chi connectivity index (χ4n) is 5.00. The molecule has 2 aliphatic heterocycles. The Morgan fingerprint density at radius 2 is 1.89 bits per heavy atom. The highest BCUT2D eigenvalue weighted by Gasteiger charge is 2.40. The number of benzene rings is 2. The molecule has 1 fully saturated rings. The number of ether oxygens (including phenoxy) is 2. The summed E-state index contributed by atoms with van der Waals surface area (Å²) in [6.07, 6.45) is -1.06. The van der Waals surface area contributed by atoms with Gasteiger partial charge in [-0.05, 0) is 49.1 Å². The maximum atomic E-state index is 13.9. The minimum absolute atomic E-state index is 0.109. The summed E-state index contributed by atoms with van der Waals surface area (Å²) in [5.41, 5.74) is 1.28. The van der Waals surface area contributed by atoms with E-state index in [1.54, 1.807) is 16.7 Å². The van der Waals surface area contributed by atoms with Gasteiger partial charge >= 0.3 is 12.4 Å². The molecule has 2 aliphatic rings. The van der Waals surface area contributed by atoms with Gasteiger partial charge in [0.1, 0.15) is 11.5 Å². The summed E-state index contributed by atoms with van der Waals surface area (Å²) in [6, 6.07) is 12.8. The number of nitrogens with zero attached hydrogens (tertiary/aromatic N) is 4. The predicted molar refractivity (Wildman–Crippen MR) is 137 cm³/mol. The van der Waals surface area contributed by atoms with Crippen LogP contribution in [0.25, 0.3) is 0 Å². The highest BCUT2D eigenvalue weighted by molar-refractivity contribution is 6.30. The molecule has 11 heteroatoms. The average Bonchev–Trinajstić information content (AvgIpc) is 3.43. The number of aromatic nitrogens is 2. The Bertz CT molecular complexity index is 1300. The van der Waals surface area contributed by atoms with Crippen LogP contribution in [-0.4, -0.2) is 52.4 Å². The molecule has 202 valence electrons. The summed E-state index contributed by atoms with van der Waals surface area (Å²) in [6.45, 7) is 4.38. The van der Waals surface area contributed by atoms with E-state index in [2.05, 4.69) is 16.6 Å². The molecule has 5 rings (SSSR count). The van der Waals surface area contributed by atoms with E-state index in [1.165, 1.54) is 18.2 Å². The van der Waals surface area contributed by atoms with Crippen LogP contribution < -0.4 is 14.4 Å². The largest absolute Gasteiger partial charge is 0.573 e. The number of hydrogen-bond donors (Lipinski definition) is 0. The number of amides is 1. The molecular formula is C27H28ClF3N4O3. The van der Waals surface area contributed by atoms with Crippen LogP contribution in [-0.2, 0) is 6.54 Å². The molecule has 3 aromatic rings. The molecule has 38 heavy (non-hydrogen) atoms. The Kier molecular flexibility index (Phi) is 7.43. The summed E-state index contributed by atoms with van der Waals surface area (Å²) in [7, 11) is 0. The average molecular weight is 549 g/mol. The Balaban J connectivity index is 1.58. The van der Waals surface area contributed by atoms with E-state index in [0.717, 1.165) is 43.9 Å². The lowest BCUT2D eigenvalue weighted by molar-refractivity contribution is -0.274. The summed E-state index contributed by atoms with van der Waals surface area (Å²) < 4.78 is 50.2. The third kappa shape index (κ3) is 5.70. The molecule has 0 bridgehead atoms. The molecule has 1 aromatic heterocycles. The van der Waals surface area contributed by atoms with Gasteiger partial charge in [-0.1, -0.05) is 43.1 Å². The van der Waals surface area contributed by atoms with Crippen molar-refractivity contribution in [3.63, 3.8) is 0 Å². The standard InChI is InChI=1S/C27H28ClF3N4O3/c1-2-3-13-33-17-20-6-5-14-34(20)24-23(25(33)36)35(16-18-9-11-19(28)12-10-18)26(32-24)37-21-7-4-8-22(15-21)38-27(29,30)31/h4,7-12,15,20H,2-3,5-6,13-14,16-17H2,1H3/t20-/m0/s1. The van der Waals surface area contributed by atoms with Crippen molar-refractivity contribution >= 4 is 23.3 Å². The van der Waals surface area contributed by atoms with E-state index < -0.39 is 12.1 Å². The van der Waals surface area contributed by atoms with Crippen molar-refractivity contribution in [2.75, 3.05) is 24.5 Å². The number of halogens is 4.